The molecular formula is C18H27N3O2. The van der Waals surface area contributed by atoms with Crippen molar-refractivity contribution in [3.63, 3.8) is 0 Å². The summed E-state index contributed by atoms with van der Waals surface area (Å²) in [5, 5.41) is 3.44. The maximum atomic E-state index is 12.4. The average Bonchev–Trinajstić information content (AvgIpc) is 2.91. The average molecular weight is 317 g/mol. The highest BCUT2D eigenvalue weighted by Crippen LogP contribution is 2.33. The summed E-state index contributed by atoms with van der Waals surface area (Å²) in [6, 6.07) is 4.77. The Morgan fingerprint density at radius 3 is 2.61 bits per heavy atom. The molecule has 0 radical (unpaired) electrons. The van der Waals surface area contributed by atoms with Gasteiger partial charge in [-0.1, -0.05) is 6.07 Å². The zero-order valence-electron chi connectivity index (χ0n) is 14.3. The van der Waals surface area contributed by atoms with E-state index in [9.17, 15) is 4.79 Å². The van der Waals surface area contributed by atoms with Crippen molar-refractivity contribution in [1.29, 1.82) is 0 Å². The summed E-state index contributed by atoms with van der Waals surface area (Å²) in [7, 11) is 0. The third-order valence-corrected chi connectivity index (χ3v) is 4.51. The molecule has 5 nitrogen and oxygen atoms in total. The Hall–Kier alpha value is -1.78. The van der Waals surface area contributed by atoms with Gasteiger partial charge in [-0.05, 0) is 64.5 Å². The van der Waals surface area contributed by atoms with Crippen LogP contribution in [0.15, 0.2) is 18.3 Å². The number of hydrogen-bond acceptors (Lipinski definition) is 4. The Morgan fingerprint density at radius 1 is 1.26 bits per heavy atom. The Kier molecular flexibility index (Phi) is 4.46. The van der Waals surface area contributed by atoms with E-state index in [0.717, 1.165) is 30.8 Å². The lowest BCUT2D eigenvalue weighted by atomic mass is 9.93. The van der Waals surface area contributed by atoms with Crippen molar-refractivity contribution in [2.45, 2.75) is 70.6 Å². The van der Waals surface area contributed by atoms with E-state index in [1.165, 1.54) is 19.3 Å². The van der Waals surface area contributed by atoms with Crippen LogP contribution in [0.1, 0.15) is 64.5 Å². The molecule has 1 atom stereocenters. The lowest BCUT2D eigenvalue weighted by molar-refractivity contribution is 0.0224. The fraction of sp³-hybridized carbons (Fsp3) is 0.667. The van der Waals surface area contributed by atoms with E-state index in [0.29, 0.717) is 6.04 Å². The highest BCUT2D eigenvalue weighted by Gasteiger charge is 2.33. The van der Waals surface area contributed by atoms with Gasteiger partial charge in [0.1, 0.15) is 11.4 Å². The van der Waals surface area contributed by atoms with Gasteiger partial charge in [0.15, 0.2) is 0 Å². The van der Waals surface area contributed by atoms with Crippen molar-refractivity contribution in [2.24, 2.45) is 0 Å². The van der Waals surface area contributed by atoms with Crippen molar-refractivity contribution in [3.8, 4) is 0 Å². The molecule has 1 saturated carbocycles. The van der Waals surface area contributed by atoms with E-state index in [1.807, 2.05) is 37.9 Å². The molecule has 2 aliphatic rings. The summed E-state index contributed by atoms with van der Waals surface area (Å²) in [6.07, 6.45) is 7.42. The molecule has 5 heteroatoms. The number of aromatic nitrogens is 1. The van der Waals surface area contributed by atoms with Crippen LogP contribution in [0.4, 0.5) is 10.6 Å². The predicted molar refractivity (Wildman–Crippen MR) is 90.4 cm³/mol. The van der Waals surface area contributed by atoms with Gasteiger partial charge in [0.05, 0.1) is 6.04 Å². The van der Waals surface area contributed by atoms with Crippen LogP contribution in [0.25, 0.3) is 0 Å². The van der Waals surface area contributed by atoms with Crippen LogP contribution in [0, 0.1) is 0 Å². The number of ether oxygens (including phenoxy) is 1. The molecule has 1 aromatic rings. The molecule has 126 valence electrons. The first kappa shape index (κ1) is 16.1. The quantitative estimate of drug-likeness (QED) is 0.911. The van der Waals surface area contributed by atoms with Crippen LogP contribution in [-0.2, 0) is 4.74 Å². The largest absolute Gasteiger partial charge is 0.444 e. The normalized spacial score (nSPS) is 21.9. The zero-order valence-corrected chi connectivity index (χ0v) is 14.3. The molecule has 1 amide bonds. The van der Waals surface area contributed by atoms with Crippen LogP contribution in [0.5, 0.6) is 0 Å². The van der Waals surface area contributed by atoms with Crippen LogP contribution in [-0.4, -0.2) is 34.2 Å². The van der Waals surface area contributed by atoms with Gasteiger partial charge in [-0.3, -0.25) is 0 Å². The van der Waals surface area contributed by atoms with E-state index in [4.69, 9.17) is 4.74 Å². The summed E-state index contributed by atoms with van der Waals surface area (Å²) in [5.74, 6) is 0.931. The SMILES string of the molecule is CC(C)(C)OC(=O)N1CCC[C@@H]1c1ccc(NC2CCC2)nc1. The van der Waals surface area contributed by atoms with Gasteiger partial charge in [0, 0.05) is 18.8 Å². The number of pyridine rings is 1. The number of amides is 1. The fourth-order valence-electron chi connectivity index (χ4n) is 3.10. The highest BCUT2D eigenvalue weighted by atomic mass is 16.6. The lowest BCUT2D eigenvalue weighted by Gasteiger charge is -2.29. The zero-order chi connectivity index (χ0) is 16.4. The molecule has 0 spiro atoms. The summed E-state index contributed by atoms with van der Waals surface area (Å²) in [5.41, 5.74) is 0.631. The minimum atomic E-state index is -0.459. The van der Waals surface area contributed by atoms with Gasteiger partial charge in [-0.2, -0.15) is 0 Å². The summed E-state index contributed by atoms with van der Waals surface area (Å²) < 4.78 is 5.53. The molecular weight excluding hydrogens is 290 g/mol. The molecule has 23 heavy (non-hydrogen) atoms. The van der Waals surface area contributed by atoms with Gasteiger partial charge in [0.2, 0.25) is 0 Å². The maximum absolute atomic E-state index is 12.4. The molecule has 0 bridgehead atoms. The smallest absolute Gasteiger partial charge is 0.410 e. The molecule has 1 saturated heterocycles. The van der Waals surface area contributed by atoms with Crippen molar-refractivity contribution in [3.05, 3.63) is 23.9 Å². The molecule has 1 aliphatic heterocycles. The second-order valence-electron chi connectivity index (χ2n) is 7.58. The molecule has 2 fully saturated rings. The van der Waals surface area contributed by atoms with Gasteiger partial charge >= 0.3 is 6.09 Å². The van der Waals surface area contributed by atoms with Gasteiger partial charge in [-0.15, -0.1) is 0 Å². The van der Waals surface area contributed by atoms with Crippen molar-refractivity contribution in [1.82, 2.24) is 9.88 Å². The second-order valence-corrected chi connectivity index (χ2v) is 7.58. The Morgan fingerprint density at radius 2 is 2.04 bits per heavy atom. The Labute approximate surface area is 138 Å². The van der Waals surface area contributed by atoms with Crippen LogP contribution >= 0.6 is 0 Å². The van der Waals surface area contributed by atoms with E-state index in [1.54, 1.807) is 0 Å². The Bertz CT molecular complexity index is 546. The molecule has 2 heterocycles. The van der Waals surface area contributed by atoms with Gasteiger partial charge < -0.3 is 15.0 Å². The molecule has 0 aromatic carbocycles. The maximum Gasteiger partial charge on any atom is 0.410 e. The fourth-order valence-corrected chi connectivity index (χ4v) is 3.10. The second kappa shape index (κ2) is 6.38. The molecule has 0 unspecified atom stereocenters. The first-order valence-corrected chi connectivity index (χ1v) is 8.64. The Balaban J connectivity index is 1.65. The molecule has 1 aliphatic carbocycles. The van der Waals surface area contributed by atoms with Crippen LogP contribution in [0.2, 0.25) is 0 Å². The van der Waals surface area contributed by atoms with Crippen LogP contribution < -0.4 is 5.32 Å². The first-order chi connectivity index (χ1) is 10.9. The van der Waals surface area contributed by atoms with Crippen molar-refractivity contribution >= 4 is 11.9 Å². The molecule has 1 aromatic heterocycles. The minimum Gasteiger partial charge on any atom is -0.444 e. The summed E-state index contributed by atoms with van der Waals surface area (Å²) in [6.45, 7) is 6.46. The molecule has 1 N–H and O–H groups in total. The van der Waals surface area contributed by atoms with E-state index in [2.05, 4.69) is 16.4 Å². The van der Waals surface area contributed by atoms with Crippen molar-refractivity contribution in [2.75, 3.05) is 11.9 Å². The summed E-state index contributed by atoms with van der Waals surface area (Å²) in [4.78, 5) is 18.7. The third kappa shape index (κ3) is 3.95. The number of nitrogens with zero attached hydrogens (tertiary/aromatic N) is 2. The number of hydrogen-bond donors (Lipinski definition) is 1. The van der Waals surface area contributed by atoms with E-state index in [-0.39, 0.29) is 12.1 Å². The highest BCUT2D eigenvalue weighted by molar-refractivity contribution is 5.69. The summed E-state index contributed by atoms with van der Waals surface area (Å²) >= 11 is 0. The number of anilines is 1. The van der Waals surface area contributed by atoms with E-state index < -0.39 is 5.60 Å². The lowest BCUT2D eigenvalue weighted by Crippen LogP contribution is -2.36. The standard InChI is InChI=1S/C18H27N3O2/c1-18(2,3)23-17(22)21-11-5-8-15(21)13-9-10-16(19-12-13)20-14-6-4-7-14/h9-10,12,14-15H,4-8,11H2,1-3H3,(H,19,20)/t15-/m1/s1. The van der Waals surface area contributed by atoms with E-state index >= 15 is 0 Å². The first-order valence-electron chi connectivity index (χ1n) is 8.64. The minimum absolute atomic E-state index is 0.0788. The van der Waals surface area contributed by atoms with Gasteiger partial charge in [-0.25, -0.2) is 9.78 Å². The van der Waals surface area contributed by atoms with Crippen LogP contribution in [0.3, 0.4) is 0 Å². The number of carbonyl (C=O) groups excluding carboxylic acids is 1. The monoisotopic (exact) mass is 317 g/mol. The number of rotatable bonds is 3. The molecule has 3 rings (SSSR count). The third-order valence-electron chi connectivity index (χ3n) is 4.51. The predicted octanol–water partition coefficient (Wildman–Crippen LogP) is 4.12. The number of carbonyl (C=O) groups is 1. The van der Waals surface area contributed by atoms with Gasteiger partial charge in [0.25, 0.3) is 0 Å². The number of likely N-dealkylation sites (tertiary alicyclic amines) is 1. The number of nitrogens with one attached hydrogen (secondary N) is 1. The van der Waals surface area contributed by atoms with Crippen molar-refractivity contribution < 1.29 is 9.53 Å². The topological polar surface area (TPSA) is 54.5 Å².